The Hall–Kier alpha value is -0.620. The third-order valence-corrected chi connectivity index (χ3v) is 20.2. The average Bonchev–Trinajstić information content (AvgIpc) is 2.86. The second-order valence-corrected chi connectivity index (χ2v) is 24.8. The minimum absolute atomic E-state index is 0.281. The monoisotopic (exact) mass is 610 g/mol. The number of hydrogen-bond donors (Lipinski definition) is 0. The van der Waals surface area contributed by atoms with Crippen molar-refractivity contribution in [1.29, 1.82) is 0 Å². The average molecular weight is 611 g/mol. The van der Waals surface area contributed by atoms with E-state index in [1.165, 1.54) is 0 Å². The van der Waals surface area contributed by atoms with Crippen LogP contribution >= 0.6 is 31.7 Å². The van der Waals surface area contributed by atoms with Gasteiger partial charge in [0.05, 0.1) is 0 Å². The van der Waals surface area contributed by atoms with Gasteiger partial charge in [-0.05, 0) is 73.7 Å². The highest BCUT2D eigenvalue weighted by molar-refractivity contribution is 7.85. The van der Waals surface area contributed by atoms with E-state index in [2.05, 4.69) is 156 Å². The first-order chi connectivity index (χ1) is 18.9. The topological polar surface area (TPSA) is 0 Å². The summed E-state index contributed by atoms with van der Waals surface area (Å²) in [6, 6.07) is 28.8. The molecule has 0 saturated heterocycles. The van der Waals surface area contributed by atoms with Gasteiger partial charge in [-0.25, -0.2) is 0 Å². The Bertz CT molecular complexity index is 1040. The number of hydrogen-bond acceptors (Lipinski definition) is 0. The van der Waals surface area contributed by atoms with Crippen molar-refractivity contribution < 1.29 is 0 Å². The second kappa shape index (κ2) is 15.2. The first-order valence-electron chi connectivity index (χ1n) is 15.3. The molecule has 0 aliphatic carbocycles. The molecule has 3 aromatic carbocycles. The first-order valence-corrected chi connectivity index (χ1v) is 21.1. The molecule has 3 aromatic rings. The van der Waals surface area contributed by atoms with Gasteiger partial charge < -0.3 is 0 Å². The summed E-state index contributed by atoms with van der Waals surface area (Å²) in [6.45, 7) is 29.3. The molecule has 0 aliphatic heterocycles. The molecular formula is C36H54P4. The molecule has 3 rings (SSSR count). The fraction of sp³-hybridized carbons (Fsp3) is 0.500. The predicted molar refractivity (Wildman–Crippen MR) is 196 cm³/mol. The van der Waals surface area contributed by atoms with Crippen LogP contribution in [-0.2, 0) is 0 Å². The summed E-state index contributed by atoms with van der Waals surface area (Å²) >= 11 is 0. The number of rotatable bonds is 12. The summed E-state index contributed by atoms with van der Waals surface area (Å²) in [5.74, 6) is 0. The SMILES string of the molecule is CC(C)P(c1ccccc1P(c1ccccc1P(C(C)C)C(C)C)c1ccccc1P(C(C)C)C(C)C)C(C)C. The van der Waals surface area contributed by atoms with E-state index in [0.717, 1.165) is 0 Å². The quantitative estimate of drug-likeness (QED) is 0.179. The lowest BCUT2D eigenvalue weighted by Crippen LogP contribution is -2.41. The molecule has 0 atom stereocenters. The lowest BCUT2D eigenvalue weighted by atomic mass is 10.3. The van der Waals surface area contributed by atoms with E-state index in [1.807, 2.05) is 0 Å². The van der Waals surface area contributed by atoms with Gasteiger partial charge >= 0.3 is 0 Å². The highest BCUT2D eigenvalue weighted by atomic mass is 31.1. The zero-order valence-corrected chi connectivity index (χ0v) is 30.8. The van der Waals surface area contributed by atoms with Gasteiger partial charge in [0.25, 0.3) is 0 Å². The molecule has 0 radical (unpaired) electrons. The van der Waals surface area contributed by atoms with E-state index >= 15 is 0 Å². The molecule has 0 spiro atoms. The summed E-state index contributed by atoms with van der Waals surface area (Å²) in [5.41, 5.74) is 3.95. The maximum absolute atomic E-state index is 2.51. The molecule has 0 fully saturated rings. The van der Waals surface area contributed by atoms with Crippen molar-refractivity contribution in [3.63, 3.8) is 0 Å². The van der Waals surface area contributed by atoms with Crippen LogP contribution in [0.5, 0.6) is 0 Å². The standard InChI is InChI=1S/C36H54P4/c1-25(2)37(26(3)4)31-19-13-16-22-34(31)40(35-23-17-14-20-32(35)38(27(5)6)28(7)8)36-24-18-15-21-33(36)39(29(9)10)30(11)12/h13-30H,1-12H3. The van der Waals surface area contributed by atoms with E-state index in [9.17, 15) is 0 Å². The summed E-state index contributed by atoms with van der Waals surface area (Å²) < 4.78 is 0. The highest BCUT2D eigenvalue weighted by Crippen LogP contribution is 2.51. The third-order valence-electron chi connectivity index (χ3n) is 7.54. The largest absolute Gasteiger partial charge is 0.0693 e. The predicted octanol–water partition coefficient (Wildman–Crippen LogP) is 9.22. The Morgan fingerprint density at radius 3 is 0.650 bits per heavy atom. The van der Waals surface area contributed by atoms with Crippen LogP contribution < -0.4 is 31.8 Å². The zero-order chi connectivity index (χ0) is 29.7. The normalized spacial score (nSPS) is 12.8. The van der Waals surface area contributed by atoms with Gasteiger partial charge in [-0.2, -0.15) is 0 Å². The van der Waals surface area contributed by atoms with Crippen LogP contribution in [0.2, 0.25) is 0 Å². The Morgan fingerprint density at radius 2 is 0.475 bits per heavy atom. The molecule has 0 bridgehead atoms. The van der Waals surface area contributed by atoms with Crippen molar-refractivity contribution in [2.45, 2.75) is 117 Å². The summed E-state index contributed by atoms with van der Waals surface area (Å²) in [4.78, 5) is 0. The van der Waals surface area contributed by atoms with Crippen molar-refractivity contribution in [1.82, 2.24) is 0 Å². The van der Waals surface area contributed by atoms with Crippen molar-refractivity contribution in [3.8, 4) is 0 Å². The maximum atomic E-state index is 2.51. The molecule has 0 heterocycles. The van der Waals surface area contributed by atoms with Gasteiger partial charge in [0.15, 0.2) is 0 Å². The van der Waals surface area contributed by atoms with Crippen LogP contribution in [0.25, 0.3) is 0 Å². The van der Waals surface area contributed by atoms with E-state index in [0.29, 0.717) is 34.0 Å². The molecule has 0 amide bonds. The van der Waals surface area contributed by atoms with Gasteiger partial charge in [0, 0.05) is 0 Å². The highest BCUT2D eigenvalue weighted by Gasteiger charge is 2.33. The van der Waals surface area contributed by atoms with E-state index in [4.69, 9.17) is 0 Å². The molecule has 0 saturated carbocycles. The van der Waals surface area contributed by atoms with Crippen molar-refractivity contribution in [2.24, 2.45) is 0 Å². The fourth-order valence-electron chi connectivity index (χ4n) is 6.46. The molecule has 0 nitrogen and oxygen atoms in total. The van der Waals surface area contributed by atoms with E-state index in [-0.39, 0.29) is 23.8 Å². The summed E-state index contributed by atoms with van der Waals surface area (Å²) in [6.07, 6.45) is 0. The Labute approximate surface area is 252 Å². The van der Waals surface area contributed by atoms with Gasteiger partial charge in [0.1, 0.15) is 0 Å². The summed E-state index contributed by atoms with van der Waals surface area (Å²) in [5, 5.41) is 9.72. The van der Waals surface area contributed by atoms with E-state index < -0.39 is 7.92 Å². The lowest BCUT2D eigenvalue weighted by Gasteiger charge is -2.36. The smallest absolute Gasteiger partial charge is 0.00736 e. The van der Waals surface area contributed by atoms with Crippen LogP contribution in [-0.4, -0.2) is 34.0 Å². The van der Waals surface area contributed by atoms with Gasteiger partial charge in [-0.3, -0.25) is 0 Å². The molecule has 0 aromatic heterocycles. The Balaban J connectivity index is 2.48. The molecule has 0 unspecified atom stereocenters. The number of benzene rings is 3. The van der Waals surface area contributed by atoms with Crippen LogP contribution in [0.4, 0.5) is 0 Å². The minimum atomic E-state index is -0.706. The van der Waals surface area contributed by atoms with Crippen molar-refractivity contribution >= 4 is 63.5 Å². The van der Waals surface area contributed by atoms with Gasteiger partial charge in [-0.15, -0.1) is 0 Å². The Morgan fingerprint density at radius 1 is 0.300 bits per heavy atom. The van der Waals surface area contributed by atoms with Crippen LogP contribution in [0.1, 0.15) is 83.1 Å². The van der Waals surface area contributed by atoms with E-state index in [1.54, 1.807) is 31.8 Å². The van der Waals surface area contributed by atoms with Crippen LogP contribution in [0.3, 0.4) is 0 Å². The molecule has 4 heteroatoms. The third kappa shape index (κ3) is 7.66. The van der Waals surface area contributed by atoms with Crippen molar-refractivity contribution in [3.05, 3.63) is 72.8 Å². The molecule has 218 valence electrons. The van der Waals surface area contributed by atoms with Gasteiger partial charge in [-0.1, -0.05) is 180 Å². The Kier molecular flexibility index (Phi) is 12.9. The van der Waals surface area contributed by atoms with Crippen molar-refractivity contribution in [2.75, 3.05) is 0 Å². The van der Waals surface area contributed by atoms with Gasteiger partial charge in [0.2, 0.25) is 0 Å². The maximum Gasteiger partial charge on any atom is -0.00736 e. The zero-order valence-electron chi connectivity index (χ0n) is 27.2. The molecule has 0 N–H and O–H groups in total. The minimum Gasteiger partial charge on any atom is -0.0693 e. The second-order valence-electron chi connectivity index (χ2n) is 12.6. The van der Waals surface area contributed by atoms with Crippen LogP contribution in [0, 0.1) is 0 Å². The first kappa shape index (κ1) is 33.9. The molecule has 40 heavy (non-hydrogen) atoms. The lowest BCUT2D eigenvalue weighted by molar-refractivity contribution is 1.02. The molecular weight excluding hydrogens is 556 g/mol. The fourth-order valence-corrected chi connectivity index (χ4v) is 19.5. The summed E-state index contributed by atoms with van der Waals surface area (Å²) in [7, 11) is -1.55. The van der Waals surface area contributed by atoms with Crippen LogP contribution in [0.15, 0.2) is 72.8 Å². The molecule has 0 aliphatic rings.